The first kappa shape index (κ1) is 18.4. The van der Waals surface area contributed by atoms with E-state index in [0.717, 1.165) is 21.5 Å². The van der Waals surface area contributed by atoms with Gasteiger partial charge >= 0.3 is 0 Å². The predicted octanol–water partition coefficient (Wildman–Crippen LogP) is 3.41. The summed E-state index contributed by atoms with van der Waals surface area (Å²) in [5, 5.41) is 12.2. The van der Waals surface area contributed by atoms with Gasteiger partial charge in [0.2, 0.25) is 5.89 Å². The lowest BCUT2D eigenvalue weighted by Crippen LogP contribution is -2.21. The molecule has 0 aliphatic rings. The number of carbonyl (C=O) groups is 1. The molecule has 0 saturated heterocycles. The van der Waals surface area contributed by atoms with Crippen LogP contribution in [-0.4, -0.2) is 31.7 Å². The molecule has 3 aromatic heterocycles. The van der Waals surface area contributed by atoms with Crippen molar-refractivity contribution in [2.45, 2.75) is 31.9 Å². The molecule has 2 atom stereocenters. The van der Waals surface area contributed by atoms with Gasteiger partial charge in [-0.15, -0.1) is 11.3 Å². The molecule has 4 aromatic rings. The van der Waals surface area contributed by atoms with E-state index < -0.39 is 12.0 Å². The summed E-state index contributed by atoms with van der Waals surface area (Å²) in [6, 6.07) is 9.60. The number of hydrogen-bond acceptors (Lipinski definition) is 6. The Morgan fingerprint density at radius 3 is 2.89 bits per heavy atom. The van der Waals surface area contributed by atoms with Crippen LogP contribution in [0.2, 0.25) is 0 Å². The van der Waals surface area contributed by atoms with E-state index in [1.165, 1.54) is 6.33 Å². The van der Waals surface area contributed by atoms with E-state index in [1.807, 2.05) is 35.7 Å². The van der Waals surface area contributed by atoms with Crippen molar-refractivity contribution in [1.82, 2.24) is 14.5 Å². The Morgan fingerprint density at radius 1 is 1.36 bits per heavy atom. The second-order valence-corrected chi connectivity index (χ2v) is 7.63. The summed E-state index contributed by atoms with van der Waals surface area (Å²) in [6.07, 6.45) is 3.80. The Balaban J connectivity index is 1.58. The van der Waals surface area contributed by atoms with Gasteiger partial charge in [0.1, 0.15) is 11.2 Å². The van der Waals surface area contributed by atoms with E-state index in [2.05, 4.69) is 9.97 Å². The van der Waals surface area contributed by atoms with Gasteiger partial charge in [0, 0.05) is 6.20 Å². The van der Waals surface area contributed by atoms with Crippen LogP contribution in [0.5, 0.6) is 0 Å². The number of aliphatic hydroxyl groups is 1. The number of rotatable bonds is 7. The monoisotopic (exact) mass is 396 g/mol. The first-order valence-electron chi connectivity index (χ1n) is 8.96. The van der Waals surface area contributed by atoms with Crippen molar-refractivity contribution in [2.75, 3.05) is 0 Å². The summed E-state index contributed by atoms with van der Waals surface area (Å²) in [5.74, 6) is 0.0286. The lowest BCUT2D eigenvalue weighted by molar-refractivity contribution is 0.0994. The number of nitrogens with zero attached hydrogens (tertiary/aromatic N) is 3. The van der Waals surface area contributed by atoms with E-state index >= 15 is 0 Å². The quantitative estimate of drug-likeness (QED) is 0.498. The van der Waals surface area contributed by atoms with Crippen molar-refractivity contribution in [1.29, 1.82) is 0 Å². The third-order valence-electron chi connectivity index (χ3n) is 4.73. The van der Waals surface area contributed by atoms with Gasteiger partial charge in [0.25, 0.3) is 5.91 Å². The van der Waals surface area contributed by atoms with Crippen LogP contribution in [0.1, 0.15) is 35.4 Å². The van der Waals surface area contributed by atoms with Crippen molar-refractivity contribution in [3.05, 3.63) is 59.5 Å². The number of carbonyl (C=O) groups excluding carboxylic acids is 1. The minimum atomic E-state index is -0.620. The molecule has 4 rings (SSSR count). The van der Waals surface area contributed by atoms with Crippen LogP contribution >= 0.6 is 11.3 Å². The van der Waals surface area contributed by atoms with Gasteiger partial charge in [-0.3, -0.25) is 4.79 Å². The molecule has 0 aliphatic heterocycles. The number of imidazole rings is 1. The van der Waals surface area contributed by atoms with E-state index in [1.54, 1.807) is 29.0 Å². The number of aliphatic hydroxyl groups excluding tert-OH is 1. The highest BCUT2D eigenvalue weighted by molar-refractivity contribution is 7.13. The van der Waals surface area contributed by atoms with Gasteiger partial charge < -0.3 is 19.8 Å². The molecule has 3 N–H and O–H groups in total. The Hall–Kier alpha value is -2.97. The molecule has 28 heavy (non-hydrogen) atoms. The Morgan fingerprint density at radius 2 is 2.21 bits per heavy atom. The van der Waals surface area contributed by atoms with Crippen LogP contribution in [0.4, 0.5) is 0 Å². The van der Waals surface area contributed by atoms with Gasteiger partial charge in [-0.2, -0.15) is 0 Å². The maximum atomic E-state index is 11.3. The van der Waals surface area contributed by atoms with Gasteiger partial charge in [0.15, 0.2) is 5.58 Å². The molecule has 1 aromatic carbocycles. The molecule has 0 aliphatic carbocycles. The zero-order valence-electron chi connectivity index (χ0n) is 15.3. The standard InChI is InChI=1S/C20H20N4O3S/c1-12(25)16(24-10-15(19(21)26)22-11-24)8-7-13-4-2-5-14-18(13)27-20(23-14)17-6-3-9-28-17/h2-6,9-12,16,25H,7-8H2,1H3,(H2,21,26)/t12-,16+/m0/s1. The smallest absolute Gasteiger partial charge is 0.268 e. The molecule has 0 bridgehead atoms. The summed E-state index contributed by atoms with van der Waals surface area (Å²) < 4.78 is 7.77. The van der Waals surface area contributed by atoms with Crippen LogP contribution in [-0.2, 0) is 6.42 Å². The number of aryl methyl sites for hydroxylation is 1. The number of thiophene rings is 1. The predicted molar refractivity (Wildman–Crippen MR) is 107 cm³/mol. The fourth-order valence-corrected chi connectivity index (χ4v) is 3.95. The Bertz CT molecular complexity index is 1100. The zero-order chi connectivity index (χ0) is 19.7. The summed E-state index contributed by atoms with van der Waals surface area (Å²) in [4.78, 5) is 20.9. The van der Waals surface area contributed by atoms with Crippen molar-refractivity contribution in [3.8, 4) is 10.8 Å². The minimum absolute atomic E-state index is 0.184. The normalized spacial score (nSPS) is 13.6. The van der Waals surface area contributed by atoms with Gasteiger partial charge in [-0.05, 0) is 42.8 Å². The van der Waals surface area contributed by atoms with Crippen molar-refractivity contribution >= 4 is 28.3 Å². The number of nitrogens with two attached hydrogens (primary N) is 1. The second-order valence-electron chi connectivity index (χ2n) is 6.68. The van der Waals surface area contributed by atoms with E-state index in [0.29, 0.717) is 18.7 Å². The molecule has 0 radical (unpaired) electrons. The number of hydrogen-bond donors (Lipinski definition) is 2. The van der Waals surface area contributed by atoms with E-state index in [4.69, 9.17) is 10.2 Å². The second kappa shape index (κ2) is 7.57. The molecular formula is C20H20N4O3S. The maximum Gasteiger partial charge on any atom is 0.268 e. The van der Waals surface area contributed by atoms with Crippen LogP contribution < -0.4 is 5.73 Å². The van der Waals surface area contributed by atoms with Crippen LogP contribution in [0.3, 0.4) is 0 Å². The fraction of sp³-hybridized carbons (Fsp3) is 0.250. The molecular weight excluding hydrogens is 376 g/mol. The van der Waals surface area contributed by atoms with Gasteiger partial charge in [-0.1, -0.05) is 18.2 Å². The fourth-order valence-electron chi connectivity index (χ4n) is 3.30. The third-order valence-corrected chi connectivity index (χ3v) is 5.59. The number of aromatic nitrogens is 3. The molecule has 0 saturated carbocycles. The topological polar surface area (TPSA) is 107 Å². The van der Waals surface area contributed by atoms with Crippen LogP contribution in [0.25, 0.3) is 21.9 Å². The minimum Gasteiger partial charge on any atom is -0.435 e. The van der Waals surface area contributed by atoms with Crippen LogP contribution in [0.15, 0.2) is 52.7 Å². The summed E-state index contributed by atoms with van der Waals surface area (Å²) in [5.41, 5.74) is 8.06. The largest absolute Gasteiger partial charge is 0.435 e. The maximum absolute atomic E-state index is 11.3. The first-order valence-corrected chi connectivity index (χ1v) is 9.84. The van der Waals surface area contributed by atoms with Crippen LogP contribution in [0, 0.1) is 0 Å². The number of benzene rings is 1. The molecule has 7 nitrogen and oxygen atoms in total. The van der Waals surface area contributed by atoms with Gasteiger partial charge in [-0.25, -0.2) is 9.97 Å². The number of amides is 1. The third kappa shape index (κ3) is 3.56. The molecule has 3 heterocycles. The van der Waals surface area contributed by atoms with Crippen molar-refractivity contribution in [2.24, 2.45) is 5.73 Å². The highest BCUT2D eigenvalue weighted by Crippen LogP contribution is 2.30. The average Bonchev–Trinajstić information content (AvgIpc) is 3.41. The zero-order valence-corrected chi connectivity index (χ0v) is 16.1. The molecule has 0 spiro atoms. The molecule has 0 fully saturated rings. The van der Waals surface area contributed by atoms with Crippen molar-refractivity contribution in [3.63, 3.8) is 0 Å². The van der Waals surface area contributed by atoms with Gasteiger partial charge in [0.05, 0.1) is 23.4 Å². The van der Waals surface area contributed by atoms with E-state index in [-0.39, 0.29) is 11.7 Å². The van der Waals surface area contributed by atoms with E-state index in [9.17, 15) is 9.90 Å². The summed E-state index contributed by atoms with van der Waals surface area (Å²) >= 11 is 1.58. The highest BCUT2D eigenvalue weighted by atomic mass is 32.1. The molecule has 0 unspecified atom stereocenters. The molecule has 8 heteroatoms. The number of fused-ring (bicyclic) bond motifs is 1. The molecule has 144 valence electrons. The van der Waals surface area contributed by atoms with Crippen molar-refractivity contribution < 1.29 is 14.3 Å². The SMILES string of the molecule is C[C@H](O)[C@@H](CCc1cccc2nc(-c3cccs3)oc12)n1cnc(C(N)=O)c1. The lowest BCUT2D eigenvalue weighted by Gasteiger charge is -2.21. The number of para-hydroxylation sites is 1. The average molecular weight is 396 g/mol. The Labute approximate surface area is 165 Å². The summed E-state index contributed by atoms with van der Waals surface area (Å²) in [6.45, 7) is 1.72. The Kier molecular flexibility index (Phi) is 4.97. The number of primary amides is 1. The number of oxazole rings is 1. The molecule has 1 amide bonds. The highest BCUT2D eigenvalue weighted by Gasteiger charge is 2.20. The summed E-state index contributed by atoms with van der Waals surface area (Å²) in [7, 11) is 0. The first-order chi connectivity index (χ1) is 13.5. The lowest BCUT2D eigenvalue weighted by atomic mass is 10.0.